The second kappa shape index (κ2) is 6.96. The van der Waals surface area contributed by atoms with Gasteiger partial charge in [0.15, 0.2) is 0 Å². The molecule has 0 aliphatic carbocycles. The molecule has 0 saturated carbocycles. The summed E-state index contributed by atoms with van der Waals surface area (Å²) in [5.41, 5.74) is 1.46. The molecule has 1 aromatic rings. The van der Waals surface area contributed by atoms with Crippen LogP contribution in [0.2, 0.25) is 0 Å². The average Bonchev–Trinajstić information content (AvgIpc) is 2.29. The minimum absolute atomic E-state index is 0.0103. The van der Waals surface area contributed by atoms with Crippen molar-refractivity contribution in [2.45, 2.75) is 33.6 Å². The molecule has 2 N–H and O–H groups in total. The lowest BCUT2D eigenvalue weighted by Crippen LogP contribution is -2.20. The Morgan fingerprint density at radius 1 is 1.32 bits per heavy atom. The highest BCUT2D eigenvalue weighted by Gasteiger charge is 2.16. The van der Waals surface area contributed by atoms with E-state index in [0.29, 0.717) is 12.8 Å². The van der Waals surface area contributed by atoms with E-state index < -0.39 is 0 Å². The fourth-order valence-electron chi connectivity index (χ4n) is 1.59. The van der Waals surface area contributed by atoms with Crippen molar-refractivity contribution in [3.63, 3.8) is 0 Å². The predicted octanol–water partition coefficient (Wildman–Crippen LogP) is 2.80. The highest BCUT2D eigenvalue weighted by molar-refractivity contribution is 5.92. The number of aliphatic hydroxyl groups is 1. The van der Waals surface area contributed by atoms with Crippen LogP contribution in [0.1, 0.15) is 39.2 Å². The highest BCUT2D eigenvalue weighted by Crippen LogP contribution is 2.20. The molecular weight excluding hydrogens is 238 g/mol. The van der Waals surface area contributed by atoms with E-state index in [0.717, 1.165) is 11.3 Å². The van der Waals surface area contributed by atoms with Crippen molar-refractivity contribution in [3.8, 4) is 11.8 Å². The van der Waals surface area contributed by atoms with Crippen LogP contribution in [0.3, 0.4) is 0 Å². The first-order chi connectivity index (χ1) is 8.92. The first-order valence-corrected chi connectivity index (χ1v) is 6.41. The average molecular weight is 259 g/mol. The van der Waals surface area contributed by atoms with E-state index in [9.17, 15) is 4.79 Å². The topological polar surface area (TPSA) is 49.3 Å². The SMILES string of the molecule is CC(C)(C)CC(=O)Nc1ccccc1C#CCCO. The van der Waals surface area contributed by atoms with Gasteiger partial charge in [-0.1, -0.05) is 44.7 Å². The van der Waals surface area contributed by atoms with Gasteiger partial charge in [0.05, 0.1) is 12.3 Å². The van der Waals surface area contributed by atoms with Crippen LogP contribution in [0, 0.1) is 17.3 Å². The zero-order valence-electron chi connectivity index (χ0n) is 11.8. The second-order valence-corrected chi connectivity index (χ2v) is 5.61. The Bertz CT molecular complexity index is 489. The Kier molecular flexibility index (Phi) is 5.59. The lowest BCUT2D eigenvalue weighted by atomic mass is 9.92. The monoisotopic (exact) mass is 259 g/mol. The third kappa shape index (κ3) is 6.08. The van der Waals surface area contributed by atoms with Crippen molar-refractivity contribution < 1.29 is 9.90 Å². The molecule has 0 aromatic heterocycles. The van der Waals surface area contributed by atoms with Gasteiger partial charge in [0.2, 0.25) is 5.91 Å². The molecular formula is C16H21NO2. The minimum atomic E-state index is -0.0401. The molecule has 0 bridgehead atoms. The van der Waals surface area contributed by atoms with E-state index in [1.54, 1.807) is 0 Å². The maximum Gasteiger partial charge on any atom is 0.224 e. The smallest absolute Gasteiger partial charge is 0.224 e. The van der Waals surface area contributed by atoms with Crippen molar-refractivity contribution in [2.75, 3.05) is 11.9 Å². The Labute approximate surface area is 115 Å². The van der Waals surface area contributed by atoms with E-state index in [1.165, 1.54) is 0 Å². The summed E-state index contributed by atoms with van der Waals surface area (Å²) in [6.07, 6.45) is 0.898. The number of anilines is 1. The first-order valence-electron chi connectivity index (χ1n) is 6.41. The molecule has 0 aliphatic heterocycles. The molecule has 1 amide bonds. The van der Waals surface area contributed by atoms with Crippen molar-refractivity contribution in [2.24, 2.45) is 5.41 Å². The molecule has 0 aliphatic rings. The normalized spacial score (nSPS) is 10.5. The van der Waals surface area contributed by atoms with E-state index >= 15 is 0 Å². The van der Waals surface area contributed by atoms with E-state index in [-0.39, 0.29) is 17.9 Å². The van der Waals surface area contributed by atoms with E-state index in [4.69, 9.17) is 5.11 Å². The van der Waals surface area contributed by atoms with E-state index in [1.807, 2.05) is 45.0 Å². The number of aliphatic hydroxyl groups excluding tert-OH is 1. The summed E-state index contributed by atoms with van der Waals surface area (Å²) < 4.78 is 0. The summed E-state index contributed by atoms with van der Waals surface area (Å²) in [4.78, 5) is 11.9. The lowest BCUT2D eigenvalue weighted by Gasteiger charge is -2.17. The number of hydrogen-bond donors (Lipinski definition) is 2. The van der Waals surface area contributed by atoms with Crippen molar-refractivity contribution in [3.05, 3.63) is 29.8 Å². The number of hydrogen-bond acceptors (Lipinski definition) is 2. The van der Waals surface area contributed by atoms with Crippen LogP contribution in [0.25, 0.3) is 0 Å². The number of rotatable bonds is 3. The summed E-state index contributed by atoms with van der Waals surface area (Å²) >= 11 is 0. The van der Waals surface area contributed by atoms with Crippen molar-refractivity contribution in [1.29, 1.82) is 0 Å². The fraction of sp³-hybridized carbons (Fsp3) is 0.438. The van der Waals surface area contributed by atoms with Gasteiger partial charge in [-0.2, -0.15) is 0 Å². The molecule has 0 unspecified atom stereocenters. The van der Waals surface area contributed by atoms with Gasteiger partial charge < -0.3 is 10.4 Å². The molecule has 102 valence electrons. The van der Waals surface area contributed by atoms with Crippen LogP contribution in [0.4, 0.5) is 5.69 Å². The molecule has 0 radical (unpaired) electrons. The molecule has 0 fully saturated rings. The zero-order chi connectivity index (χ0) is 14.3. The minimum Gasteiger partial charge on any atom is -0.395 e. The van der Waals surface area contributed by atoms with Gasteiger partial charge in [-0.25, -0.2) is 0 Å². The van der Waals surface area contributed by atoms with Gasteiger partial charge in [0.1, 0.15) is 0 Å². The number of carbonyl (C=O) groups is 1. The summed E-state index contributed by atoms with van der Waals surface area (Å²) in [5, 5.41) is 11.6. The molecule has 0 atom stereocenters. The van der Waals surface area contributed by atoms with Gasteiger partial charge >= 0.3 is 0 Å². The van der Waals surface area contributed by atoms with Crippen molar-refractivity contribution in [1.82, 2.24) is 0 Å². The van der Waals surface area contributed by atoms with Gasteiger partial charge in [0, 0.05) is 18.4 Å². The first kappa shape index (κ1) is 15.3. The lowest BCUT2D eigenvalue weighted by molar-refractivity contribution is -0.117. The van der Waals surface area contributed by atoms with Gasteiger partial charge in [-0.3, -0.25) is 4.79 Å². The maximum absolute atomic E-state index is 11.9. The van der Waals surface area contributed by atoms with Crippen molar-refractivity contribution >= 4 is 11.6 Å². The van der Waals surface area contributed by atoms with Crippen LogP contribution < -0.4 is 5.32 Å². The van der Waals surface area contributed by atoms with Crippen LogP contribution >= 0.6 is 0 Å². The van der Waals surface area contributed by atoms with Crippen LogP contribution in [0.5, 0.6) is 0 Å². The highest BCUT2D eigenvalue weighted by atomic mass is 16.2. The third-order valence-corrected chi connectivity index (χ3v) is 2.35. The maximum atomic E-state index is 11.9. The molecule has 3 heteroatoms. The summed E-state index contributed by atoms with van der Waals surface area (Å²) in [6, 6.07) is 7.44. The Morgan fingerprint density at radius 3 is 2.63 bits per heavy atom. The summed E-state index contributed by atoms with van der Waals surface area (Å²) in [6.45, 7) is 6.13. The number of carbonyl (C=O) groups excluding carboxylic acids is 1. The van der Waals surface area contributed by atoms with Gasteiger partial charge in [0.25, 0.3) is 0 Å². The van der Waals surface area contributed by atoms with Crippen LogP contribution in [-0.2, 0) is 4.79 Å². The molecule has 0 spiro atoms. The number of benzene rings is 1. The van der Waals surface area contributed by atoms with Gasteiger partial charge in [-0.15, -0.1) is 0 Å². The number of amides is 1. The molecule has 0 saturated heterocycles. The molecule has 19 heavy (non-hydrogen) atoms. The largest absolute Gasteiger partial charge is 0.395 e. The summed E-state index contributed by atoms with van der Waals surface area (Å²) in [5.74, 6) is 5.81. The van der Waals surface area contributed by atoms with Gasteiger partial charge in [-0.05, 0) is 17.5 Å². The number of para-hydroxylation sites is 1. The molecule has 1 aromatic carbocycles. The Balaban J connectivity index is 2.79. The third-order valence-electron chi connectivity index (χ3n) is 2.35. The van der Waals surface area contributed by atoms with Crippen LogP contribution in [-0.4, -0.2) is 17.6 Å². The zero-order valence-corrected chi connectivity index (χ0v) is 11.8. The Hall–Kier alpha value is -1.79. The molecule has 0 heterocycles. The summed E-state index contributed by atoms with van der Waals surface area (Å²) in [7, 11) is 0. The number of nitrogens with one attached hydrogen (secondary N) is 1. The fourth-order valence-corrected chi connectivity index (χ4v) is 1.59. The molecule has 1 rings (SSSR count). The standard InChI is InChI=1S/C16H21NO2/c1-16(2,3)12-15(19)17-14-10-5-4-8-13(14)9-6-7-11-18/h4-5,8,10,18H,7,11-12H2,1-3H3,(H,17,19). The predicted molar refractivity (Wildman–Crippen MR) is 77.7 cm³/mol. The quantitative estimate of drug-likeness (QED) is 0.820. The Morgan fingerprint density at radius 2 is 2.00 bits per heavy atom. The van der Waals surface area contributed by atoms with Crippen LogP contribution in [0.15, 0.2) is 24.3 Å². The second-order valence-electron chi connectivity index (χ2n) is 5.61. The van der Waals surface area contributed by atoms with E-state index in [2.05, 4.69) is 17.2 Å². The molecule has 3 nitrogen and oxygen atoms in total.